The smallest absolute Gasteiger partial charge is 0.265 e. The molecule has 21 heavy (non-hydrogen) atoms. The fourth-order valence-electron chi connectivity index (χ4n) is 1.81. The highest BCUT2D eigenvalue weighted by Crippen LogP contribution is 2.33. The van der Waals surface area contributed by atoms with Crippen LogP contribution in [0, 0.1) is 13.8 Å². The maximum atomic E-state index is 12.5. The highest BCUT2D eigenvalue weighted by atomic mass is 79.9. The summed E-state index contributed by atoms with van der Waals surface area (Å²) < 4.78 is 33.3. The van der Waals surface area contributed by atoms with Crippen molar-refractivity contribution in [1.29, 1.82) is 0 Å². The molecule has 0 amide bonds. The van der Waals surface area contributed by atoms with Crippen LogP contribution in [0.1, 0.15) is 11.4 Å². The van der Waals surface area contributed by atoms with Gasteiger partial charge in [0.15, 0.2) is 0 Å². The van der Waals surface area contributed by atoms with E-state index in [1.165, 1.54) is 19.2 Å². The lowest BCUT2D eigenvalue weighted by Crippen LogP contribution is -2.15. The van der Waals surface area contributed by atoms with E-state index in [-0.39, 0.29) is 10.6 Å². The molecule has 7 nitrogen and oxygen atoms in total. The van der Waals surface area contributed by atoms with Crippen molar-refractivity contribution in [3.63, 3.8) is 0 Å². The molecular formula is C12H15BrN4O3S. The second-order valence-corrected chi connectivity index (χ2v) is 6.94. The second kappa shape index (κ2) is 5.57. The molecule has 0 aliphatic heterocycles. The summed E-state index contributed by atoms with van der Waals surface area (Å²) in [7, 11) is -2.45. The third-order valence-corrected chi connectivity index (χ3v) is 4.99. The molecule has 0 aliphatic carbocycles. The van der Waals surface area contributed by atoms with Crippen molar-refractivity contribution in [3.05, 3.63) is 28.0 Å². The number of nitrogens with zero attached hydrogens (tertiary/aromatic N) is 1. The molecule has 0 saturated heterocycles. The Morgan fingerprint density at radius 1 is 1.38 bits per heavy atom. The van der Waals surface area contributed by atoms with Crippen molar-refractivity contribution in [2.75, 3.05) is 17.6 Å². The van der Waals surface area contributed by atoms with Gasteiger partial charge >= 0.3 is 0 Å². The Morgan fingerprint density at radius 3 is 2.57 bits per heavy atom. The number of halogens is 1. The number of aromatic nitrogens is 2. The van der Waals surface area contributed by atoms with E-state index in [0.29, 0.717) is 27.2 Å². The molecule has 0 fully saturated rings. The first kappa shape index (κ1) is 15.6. The number of nitrogens with two attached hydrogens (primary N) is 1. The molecule has 0 bridgehead atoms. The zero-order valence-electron chi connectivity index (χ0n) is 11.7. The van der Waals surface area contributed by atoms with E-state index in [1.807, 2.05) is 0 Å². The van der Waals surface area contributed by atoms with Crippen LogP contribution in [0.3, 0.4) is 0 Å². The molecule has 4 N–H and O–H groups in total. The van der Waals surface area contributed by atoms with Crippen LogP contribution in [0.15, 0.2) is 21.5 Å². The fraction of sp³-hybridized carbons (Fsp3) is 0.250. The van der Waals surface area contributed by atoms with Gasteiger partial charge < -0.3 is 10.5 Å². The first-order valence-electron chi connectivity index (χ1n) is 5.93. The third-order valence-electron chi connectivity index (χ3n) is 2.94. The number of nitrogen functional groups attached to an aromatic ring is 1. The van der Waals surface area contributed by atoms with Gasteiger partial charge in [0.1, 0.15) is 10.6 Å². The summed E-state index contributed by atoms with van der Waals surface area (Å²) in [5.74, 6) is 0.197. The predicted molar refractivity (Wildman–Crippen MR) is 84.0 cm³/mol. The zero-order valence-corrected chi connectivity index (χ0v) is 14.1. The standard InChI is InChI=1S/C12H15BrN4O3S/c1-6-12(7(2)16-15-6)17-21(18,19)11-5-9(14)8(13)4-10(11)20-3/h4-5,17H,14H2,1-3H3,(H,15,16). The molecule has 9 heteroatoms. The van der Waals surface area contributed by atoms with Crippen molar-refractivity contribution in [3.8, 4) is 5.75 Å². The van der Waals surface area contributed by atoms with Gasteiger partial charge in [-0.2, -0.15) is 5.10 Å². The van der Waals surface area contributed by atoms with Gasteiger partial charge in [-0.05, 0) is 41.9 Å². The predicted octanol–water partition coefficient (Wildman–Crippen LogP) is 2.18. The number of sulfonamides is 1. The summed E-state index contributed by atoms with van der Waals surface area (Å²) in [5.41, 5.74) is 7.66. The Balaban J connectivity index is 2.52. The van der Waals surface area contributed by atoms with Crippen LogP contribution in [0.2, 0.25) is 0 Å². The molecule has 0 radical (unpaired) electrons. The SMILES string of the molecule is COc1cc(Br)c(N)cc1S(=O)(=O)Nc1c(C)n[nH]c1C. The number of methoxy groups -OCH3 is 1. The van der Waals surface area contributed by atoms with E-state index >= 15 is 0 Å². The summed E-state index contributed by atoms with van der Waals surface area (Å²) in [6, 6.07) is 2.86. The van der Waals surface area contributed by atoms with Crippen LogP contribution >= 0.6 is 15.9 Å². The van der Waals surface area contributed by atoms with Crippen molar-refractivity contribution in [2.24, 2.45) is 0 Å². The van der Waals surface area contributed by atoms with Gasteiger partial charge in [-0.1, -0.05) is 0 Å². The minimum atomic E-state index is -3.85. The van der Waals surface area contributed by atoms with Gasteiger partial charge in [-0.3, -0.25) is 9.82 Å². The Kier molecular flexibility index (Phi) is 4.15. The molecule has 2 aromatic rings. The zero-order chi connectivity index (χ0) is 15.8. The van der Waals surface area contributed by atoms with Crippen molar-refractivity contribution in [2.45, 2.75) is 18.7 Å². The number of aryl methyl sites for hydroxylation is 2. The molecule has 2 rings (SSSR count). The highest BCUT2D eigenvalue weighted by molar-refractivity contribution is 9.10. The van der Waals surface area contributed by atoms with Gasteiger partial charge in [0.2, 0.25) is 0 Å². The van der Waals surface area contributed by atoms with E-state index in [0.717, 1.165) is 0 Å². The monoisotopic (exact) mass is 374 g/mol. The van der Waals surface area contributed by atoms with Gasteiger partial charge in [-0.15, -0.1) is 0 Å². The first-order valence-corrected chi connectivity index (χ1v) is 8.21. The fourth-order valence-corrected chi connectivity index (χ4v) is 3.50. The third kappa shape index (κ3) is 2.98. The molecule has 0 atom stereocenters. The second-order valence-electron chi connectivity index (χ2n) is 4.44. The summed E-state index contributed by atoms with van der Waals surface area (Å²) >= 11 is 3.24. The number of benzene rings is 1. The number of H-pyrrole nitrogens is 1. The Labute approximate surface area is 131 Å². The molecule has 1 heterocycles. The van der Waals surface area contributed by atoms with E-state index in [4.69, 9.17) is 10.5 Å². The molecule has 1 aromatic heterocycles. The summed E-state index contributed by atoms with van der Waals surface area (Å²) in [6.45, 7) is 3.43. The maximum absolute atomic E-state index is 12.5. The number of aromatic amines is 1. The van der Waals surface area contributed by atoms with Gasteiger partial charge in [0, 0.05) is 10.2 Å². The van der Waals surface area contributed by atoms with Crippen LogP contribution in [0.5, 0.6) is 5.75 Å². The number of nitrogens with one attached hydrogen (secondary N) is 2. The minimum absolute atomic E-state index is 0.0364. The quantitative estimate of drug-likeness (QED) is 0.710. The van der Waals surface area contributed by atoms with Crippen molar-refractivity contribution >= 4 is 37.3 Å². The lowest BCUT2D eigenvalue weighted by Gasteiger charge is -2.13. The van der Waals surface area contributed by atoms with Crippen LogP contribution in [0.4, 0.5) is 11.4 Å². The average Bonchev–Trinajstić information content (AvgIpc) is 2.72. The normalized spacial score (nSPS) is 11.4. The van der Waals surface area contributed by atoms with Crippen LogP contribution in [-0.4, -0.2) is 25.7 Å². The summed E-state index contributed by atoms with van der Waals surface area (Å²) in [5, 5.41) is 6.67. The molecule has 1 aromatic carbocycles. The lowest BCUT2D eigenvalue weighted by atomic mass is 10.3. The molecule has 0 spiro atoms. The van der Waals surface area contributed by atoms with Gasteiger partial charge in [0.25, 0.3) is 10.0 Å². The van der Waals surface area contributed by atoms with Crippen molar-refractivity contribution in [1.82, 2.24) is 10.2 Å². The van der Waals surface area contributed by atoms with Crippen molar-refractivity contribution < 1.29 is 13.2 Å². The van der Waals surface area contributed by atoms with Crippen LogP contribution in [0.25, 0.3) is 0 Å². The Hall–Kier alpha value is -1.74. The highest BCUT2D eigenvalue weighted by Gasteiger charge is 2.23. The molecule has 0 saturated carbocycles. The summed E-state index contributed by atoms with van der Waals surface area (Å²) in [6.07, 6.45) is 0. The topological polar surface area (TPSA) is 110 Å². The number of hydrogen-bond acceptors (Lipinski definition) is 5. The largest absolute Gasteiger partial charge is 0.495 e. The van der Waals surface area contributed by atoms with E-state index in [1.54, 1.807) is 13.8 Å². The minimum Gasteiger partial charge on any atom is -0.495 e. The van der Waals surface area contributed by atoms with E-state index in [2.05, 4.69) is 30.8 Å². The Morgan fingerprint density at radius 2 is 2.05 bits per heavy atom. The maximum Gasteiger partial charge on any atom is 0.265 e. The van der Waals surface area contributed by atoms with Crippen LogP contribution in [-0.2, 0) is 10.0 Å². The summed E-state index contributed by atoms with van der Waals surface area (Å²) in [4.78, 5) is -0.0364. The number of anilines is 2. The molecular weight excluding hydrogens is 360 g/mol. The van der Waals surface area contributed by atoms with E-state index in [9.17, 15) is 8.42 Å². The Bertz CT molecular complexity index is 767. The number of hydrogen-bond donors (Lipinski definition) is 3. The number of rotatable bonds is 4. The van der Waals surface area contributed by atoms with Gasteiger partial charge in [-0.25, -0.2) is 8.42 Å². The van der Waals surface area contributed by atoms with E-state index < -0.39 is 10.0 Å². The molecule has 0 aliphatic rings. The van der Waals surface area contributed by atoms with Crippen LogP contribution < -0.4 is 15.2 Å². The lowest BCUT2D eigenvalue weighted by molar-refractivity contribution is 0.402. The van der Waals surface area contributed by atoms with Gasteiger partial charge in [0.05, 0.1) is 24.2 Å². The first-order chi connectivity index (χ1) is 9.76. The average molecular weight is 375 g/mol. The number of ether oxygens (including phenoxy) is 1. The molecule has 0 unspecified atom stereocenters. The molecule has 114 valence electrons.